The second-order valence-corrected chi connectivity index (χ2v) is 7.86. The summed E-state index contributed by atoms with van der Waals surface area (Å²) in [5.41, 5.74) is 2.50. The van der Waals surface area contributed by atoms with E-state index in [-0.39, 0.29) is 29.3 Å². The Morgan fingerprint density at radius 2 is 2.03 bits per heavy atom. The fraction of sp³-hybridized carbons (Fsp3) is 0.364. The Kier molecular flexibility index (Phi) is 5.15. The molecule has 2 atom stereocenters. The van der Waals surface area contributed by atoms with Crippen molar-refractivity contribution in [1.82, 2.24) is 10.2 Å². The summed E-state index contributed by atoms with van der Waals surface area (Å²) >= 11 is 0. The number of benzene rings is 2. The molecule has 0 bridgehead atoms. The Morgan fingerprint density at radius 1 is 1.23 bits per heavy atom. The Bertz CT molecular complexity index is 1040. The van der Waals surface area contributed by atoms with Gasteiger partial charge in [-0.15, -0.1) is 0 Å². The molecule has 30 heavy (non-hydrogen) atoms. The molecule has 4 rings (SSSR count). The Hall–Kier alpha value is -3.42. The number of fused-ring (bicyclic) bond motifs is 1. The van der Waals surface area contributed by atoms with Crippen molar-refractivity contribution in [3.05, 3.63) is 68.8 Å². The van der Waals surface area contributed by atoms with Crippen LogP contribution in [0, 0.1) is 17.0 Å². The molecule has 1 saturated heterocycles. The van der Waals surface area contributed by atoms with E-state index in [9.17, 15) is 24.8 Å². The van der Waals surface area contributed by atoms with Crippen LogP contribution in [0.4, 0.5) is 5.69 Å². The van der Waals surface area contributed by atoms with Gasteiger partial charge in [0.2, 0.25) is 5.91 Å². The lowest BCUT2D eigenvalue weighted by atomic mass is 10.1. The number of phenols is 1. The monoisotopic (exact) mass is 409 g/mol. The molecule has 8 heteroatoms. The zero-order chi connectivity index (χ0) is 21.4. The number of carbonyl (C=O) groups is 2. The summed E-state index contributed by atoms with van der Waals surface area (Å²) in [6.45, 7) is 2.06. The van der Waals surface area contributed by atoms with Crippen LogP contribution < -0.4 is 5.32 Å². The molecule has 156 valence electrons. The fourth-order valence-corrected chi connectivity index (χ4v) is 4.49. The third-order valence-corrected chi connectivity index (χ3v) is 6.02. The summed E-state index contributed by atoms with van der Waals surface area (Å²) in [5.74, 6) is -0.258. The molecule has 2 aliphatic rings. The van der Waals surface area contributed by atoms with E-state index in [0.717, 1.165) is 17.5 Å². The maximum absolute atomic E-state index is 13.0. The van der Waals surface area contributed by atoms with Crippen molar-refractivity contribution in [3.63, 3.8) is 0 Å². The maximum Gasteiger partial charge on any atom is 0.272 e. The van der Waals surface area contributed by atoms with Crippen LogP contribution in [0.2, 0.25) is 0 Å². The minimum Gasteiger partial charge on any atom is -0.508 e. The molecule has 0 saturated carbocycles. The lowest BCUT2D eigenvalue weighted by molar-refractivity contribution is -0.385. The van der Waals surface area contributed by atoms with Gasteiger partial charge in [0.05, 0.1) is 11.0 Å². The molecule has 2 unspecified atom stereocenters. The van der Waals surface area contributed by atoms with Crippen LogP contribution in [0.25, 0.3) is 0 Å². The van der Waals surface area contributed by atoms with Crippen molar-refractivity contribution in [2.45, 2.75) is 44.7 Å². The number of nitrogens with zero attached hydrogens (tertiary/aromatic N) is 2. The molecule has 2 amide bonds. The number of hydrogen-bond acceptors (Lipinski definition) is 5. The lowest BCUT2D eigenvalue weighted by Crippen LogP contribution is -2.46. The van der Waals surface area contributed by atoms with Crippen molar-refractivity contribution in [3.8, 4) is 5.75 Å². The molecule has 0 radical (unpaired) electrons. The van der Waals surface area contributed by atoms with Crippen LogP contribution in [0.3, 0.4) is 0 Å². The number of aryl methyl sites for hydroxylation is 1. The van der Waals surface area contributed by atoms with Gasteiger partial charge in [0.1, 0.15) is 11.8 Å². The highest BCUT2D eigenvalue weighted by Gasteiger charge is 2.37. The molecular weight excluding hydrogens is 386 g/mol. The molecule has 1 aliphatic carbocycles. The lowest BCUT2D eigenvalue weighted by Gasteiger charge is -2.26. The van der Waals surface area contributed by atoms with E-state index >= 15 is 0 Å². The second kappa shape index (κ2) is 7.78. The SMILES string of the molecule is Cc1cc(C(=O)N2CCCC2C(=O)NC2CCc3c(O)cccc32)ccc1[N+](=O)[O-]. The molecular formula is C22H23N3O5. The van der Waals surface area contributed by atoms with E-state index in [1.54, 1.807) is 24.0 Å². The third-order valence-electron chi connectivity index (χ3n) is 6.02. The van der Waals surface area contributed by atoms with Gasteiger partial charge in [-0.1, -0.05) is 12.1 Å². The van der Waals surface area contributed by atoms with E-state index in [1.807, 2.05) is 6.07 Å². The average Bonchev–Trinajstić information content (AvgIpc) is 3.35. The third kappa shape index (κ3) is 3.49. The summed E-state index contributed by atoms with van der Waals surface area (Å²) in [4.78, 5) is 38.1. The molecule has 2 N–H and O–H groups in total. The van der Waals surface area contributed by atoms with Crippen LogP contribution in [-0.2, 0) is 11.2 Å². The Morgan fingerprint density at radius 3 is 2.77 bits per heavy atom. The van der Waals surface area contributed by atoms with E-state index in [0.29, 0.717) is 36.9 Å². The van der Waals surface area contributed by atoms with Crippen molar-refractivity contribution in [2.24, 2.45) is 0 Å². The van der Waals surface area contributed by atoms with Gasteiger partial charge in [0, 0.05) is 23.7 Å². The van der Waals surface area contributed by atoms with Crippen molar-refractivity contribution in [2.75, 3.05) is 6.54 Å². The van der Waals surface area contributed by atoms with Gasteiger partial charge in [-0.2, -0.15) is 0 Å². The van der Waals surface area contributed by atoms with Crippen LogP contribution >= 0.6 is 0 Å². The standard InChI is InChI=1S/C22H23N3O5/c1-13-12-14(7-10-18(13)25(29)30)22(28)24-11-3-5-19(24)21(27)23-17-9-8-16-15(17)4-2-6-20(16)26/h2,4,6-7,10,12,17,19,26H,3,5,8-9,11H2,1H3,(H,23,27). The first kappa shape index (κ1) is 19.9. The molecule has 2 aromatic carbocycles. The molecule has 1 aliphatic heterocycles. The summed E-state index contributed by atoms with van der Waals surface area (Å²) in [6, 6.07) is 8.83. The number of nitro groups is 1. The van der Waals surface area contributed by atoms with Crippen molar-refractivity contribution >= 4 is 17.5 Å². The predicted molar refractivity (Wildman–Crippen MR) is 109 cm³/mol. The average molecular weight is 409 g/mol. The molecule has 8 nitrogen and oxygen atoms in total. The summed E-state index contributed by atoms with van der Waals surface area (Å²) in [7, 11) is 0. The van der Waals surface area contributed by atoms with Crippen LogP contribution in [-0.4, -0.2) is 39.3 Å². The van der Waals surface area contributed by atoms with Gasteiger partial charge in [-0.05, 0) is 61.9 Å². The Balaban J connectivity index is 1.49. The summed E-state index contributed by atoms with van der Waals surface area (Å²) < 4.78 is 0. The van der Waals surface area contributed by atoms with Gasteiger partial charge in [0.25, 0.3) is 11.6 Å². The molecule has 2 aromatic rings. The minimum atomic E-state index is -0.575. The number of aromatic hydroxyl groups is 1. The molecule has 0 aromatic heterocycles. The number of amides is 2. The number of likely N-dealkylation sites (tertiary alicyclic amines) is 1. The second-order valence-electron chi connectivity index (χ2n) is 7.86. The number of phenolic OH excluding ortho intramolecular Hbond substituents is 1. The summed E-state index contributed by atoms with van der Waals surface area (Å²) in [5, 5.41) is 24.1. The number of rotatable bonds is 4. The highest BCUT2D eigenvalue weighted by atomic mass is 16.6. The normalized spacial score (nSPS) is 20.1. The smallest absolute Gasteiger partial charge is 0.272 e. The number of nitro benzene ring substituents is 1. The fourth-order valence-electron chi connectivity index (χ4n) is 4.49. The topological polar surface area (TPSA) is 113 Å². The molecule has 1 heterocycles. The Labute approximate surface area is 173 Å². The number of nitrogens with one attached hydrogen (secondary N) is 1. The quantitative estimate of drug-likeness (QED) is 0.595. The van der Waals surface area contributed by atoms with Gasteiger partial charge < -0.3 is 15.3 Å². The first-order chi connectivity index (χ1) is 14.4. The van der Waals surface area contributed by atoms with E-state index < -0.39 is 11.0 Å². The first-order valence-corrected chi connectivity index (χ1v) is 10.0. The number of hydrogen-bond donors (Lipinski definition) is 2. The summed E-state index contributed by atoms with van der Waals surface area (Å²) in [6.07, 6.45) is 2.70. The number of carbonyl (C=O) groups excluding carboxylic acids is 2. The predicted octanol–water partition coefficient (Wildman–Crippen LogP) is 3.02. The van der Waals surface area contributed by atoms with Crippen molar-refractivity contribution < 1.29 is 19.6 Å². The maximum atomic E-state index is 13.0. The highest BCUT2D eigenvalue weighted by molar-refractivity contribution is 5.98. The largest absolute Gasteiger partial charge is 0.508 e. The van der Waals surface area contributed by atoms with Crippen LogP contribution in [0.5, 0.6) is 5.75 Å². The van der Waals surface area contributed by atoms with Crippen LogP contribution in [0.15, 0.2) is 36.4 Å². The highest BCUT2D eigenvalue weighted by Crippen LogP contribution is 2.36. The minimum absolute atomic E-state index is 0.0367. The van der Waals surface area contributed by atoms with Gasteiger partial charge in [-0.3, -0.25) is 19.7 Å². The zero-order valence-corrected chi connectivity index (χ0v) is 16.6. The van der Waals surface area contributed by atoms with Gasteiger partial charge in [0.15, 0.2) is 0 Å². The van der Waals surface area contributed by atoms with E-state index in [1.165, 1.54) is 18.2 Å². The van der Waals surface area contributed by atoms with Gasteiger partial charge in [-0.25, -0.2) is 0 Å². The van der Waals surface area contributed by atoms with Gasteiger partial charge >= 0.3 is 0 Å². The van der Waals surface area contributed by atoms with E-state index in [2.05, 4.69) is 5.32 Å². The van der Waals surface area contributed by atoms with Crippen LogP contribution in [0.1, 0.15) is 52.4 Å². The zero-order valence-electron chi connectivity index (χ0n) is 16.6. The first-order valence-electron chi connectivity index (χ1n) is 10.0. The van der Waals surface area contributed by atoms with E-state index in [4.69, 9.17) is 0 Å². The molecule has 1 fully saturated rings. The van der Waals surface area contributed by atoms with Crippen molar-refractivity contribution in [1.29, 1.82) is 0 Å². The molecule has 0 spiro atoms.